The lowest BCUT2D eigenvalue weighted by molar-refractivity contribution is -0.125. The normalized spacial score (nSPS) is 27.3. The average Bonchev–Trinajstić information content (AvgIpc) is 2.53. The number of carbonyl (C=O) groups excluding carboxylic acids is 1. The Balaban J connectivity index is 3.41. The SMILES string of the molecule is CCOP(=O)(O)C1=C[C@H](N=C(N)N)[C@@H](NC(C)=O)[C@H]([C@H](O)[C@H](O)CO)O1. The van der Waals surface area contributed by atoms with Crippen molar-refractivity contribution in [2.45, 2.75) is 44.2 Å². The molecule has 0 aromatic heterocycles. The third-order valence-electron chi connectivity index (χ3n) is 3.46. The van der Waals surface area contributed by atoms with Crippen LogP contribution in [-0.4, -0.2) is 75.7 Å². The number of nitrogens with one attached hydrogen (secondary N) is 1. The van der Waals surface area contributed by atoms with Gasteiger partial charge in [0.1, 0.15) is 12.2 Å². The van der Waals surface area contributed by atoms with Gasteiger partial charge in [0.2, 0.25) is 11.4 Å². The molecule has 0 aromatic carbocycles. The fourth-order valence-corrected chi connectivity index (χ4v) is 3.47. The highest BCUT2D eigenvalue weighted by Gasteiger charge is 2.46. The fraction of sp³-hybridized carbons (Fsp3) is 0.692. The van der Waals surface area contributed by atoms with Gasteiger partial charge in [0.15, 0.2) is 12.1 Å². The van der Waals surface area contributed by atoms with Gasteiger partial charge in [-0.05, 0) is 13.0 Å². The zero-order valence-electron chi connectivity index (χ0n) is 14.3. The van der Waals surface area contributed by atoms with Gasteiger partial charge < -0.3 is 46.3 Å². The van der Waals surface area contributed by atoms with Crippen molar-refractivity contribution >= 4 is 19.5 Å². The number of ether oxygens (including phenoxy) is 1. The molecule has 150 valence electrons. The van der Waals surface area contributed by atoms with E-state index in [9.17, 15) is 24.5 Å². The number of nitrogens with two attached hydrogens (primary N) is 2. The van der Waals surface area contributed by atoms with Gasteiger partial charge in [-0.15, -0.1) is 0 Å². The molecule has 0 saturated heterocycles. The predicted octanol–water partition coefficient (Wildman–Crippen LogP) is -2.69. The van der Waals surface area contributed by atoms with Crippen molar-refractivity contribution in [2.75, 3.05) is 13.2 Å². The molecule has 0 fully saturated rings. The maximum Gasteiger partial charge on any atom is 0.392 e. The first-order chi connectivity index (χ1) is 12.0. The molecule has 1 amide bonds. The number of hydrogen-bond donors (Lipinski definition) is 7. The van der Waals surface area contributed by atoms with Crippen LogP contribution < -0.4 is 16.8 Å². The van der Waals surface area contributed by atoms with Gasteiger partial charge in [-0.2, -0.15) is 0 Å². The number of aliphatic hydroxyl groups excluding tert-OH is 3. The smallest absolute Gasteiger partial charge is 0.392 e. The van der Waals surface area contributed by atoms with Crippen LogP contribution in [0.4, 0.5) is 0 Å². The first kappa shape index (κ1) is 22.4. The maximum atomic E-state index is 12.3. The molecule has 26 heavy (non-hydrogen) atoms. The van der Waals surface area contributed by atoms with Crippen LogP contribution in [0.3, 0.4) is 0 Å². The molecule has 1 unspecified atom stereocenters. The summed E-state index contributed by atoms with van der Waals surface area (Å²) in [5, 5.41) is 31.5. The summed E-state index contributed by atoms with van der Waals surface area (Å²) in [5.41, 5.74) is 10.2. The molecule has 1 rings (SSSR count). The summed E-state index contributed by atoms with van der Waals surface area (Å²) >= 11 is 0. The van der Waals surface area contributed by atoms with Crippen molar-refractivity contribution in [3.8, 4) is 0 Å². The number of hydrogen-bond acceptors (Lipinski definition) is 8. The molecule has 0 saturated carbocycles. The lowest BCUT2D eigenvalue weighted by atomic mass is 9.93. The van der Waals surface area contributed by atoms with Crippen LogP contribution in [0.25, 0.3) is 0 Å². The summed E-state index contributed by atoms with van der Waals surface area (Å²) in [5.74, 6) is -0.915. The van der Waals surface area contributed by atoms with E-state index >= 15 is 0 Å². The van der Waals surface area contributed by atoms with E-state index in [1.165, 1.54) is 13.8 Å². The summed E-state index contributed by atoms with van der Waals surface area (Å²) < 4.78 is 22.4. The van der Waals surface area contributed by atoms with E-state index in [0.29, 0.717) is 0 Å². The van der Waals surface area contributed by atoms with Crippen molar-refractivity contribution < 1.29 is 38.8 Å². The summed E-state index contributed by atoms with van der Waals surface area (Å²) in [6.07, 6.45) is -3.75. The van der Waals surface area contributed by atoms with Gasteiger partial charge in [0.05, 0.1) is 25.3 Å². The second-order valence-electron chi connectivity index (χ2n) is 5.54. The van der Waals surface area contributed by atoms with Crippen LogP contribution in [0.1, 0.15) is 13.8 Å². The first-order valence-electron chi connectivity index (χ1n) is 7.72. The van der Waals surface area contributed by atoms with E-state index in [1.54, 1.807) is 0 Å². The molecule has 0 spiro atoms. The Kier molecular flexibility index (Phi) is 8.00. The van der Waals surface area contributed by atoms with Crippen LogP contribution in [0.15, 0.2) is 16.6 Å². The fourth-order valence-electron chi connectivity index (χ4n) is 2.40. The van der Waals surface area contributed by atoms with Crippen molar-refractivity contribution in [3.63, 3.8) is 0 Å². The average molecular weight is 396 g/mol. The third kappa shape index (κ3) is 5.66. The standard InChI is InChI=1S/C13H25N4O8P/c1-3-24-26(22,23)9-4-7(17-13(14)15)10(16-6(2)19)12(25-9)11(21)8(20)5-18/h4,7-8,10-12,18,20-21H,3,5H2,1-2H3,(H,16,19)(H,22,23)(H4,14,15,17)/t7-,8+,10+,11+,12+/m0/s1. The van der Waals surface area contributed by atoms with Crippen molar-refractivity contribution in [2.24, 2.45) is 16.5 Å². The zero-order chi connectivity index (χ0) is 20.1. The molecule has 6 atom stereocenters. The predicted molar refractivity (Wildman–Crippen MR) is 90.7 cm³/mol. The Hall–Kier alpha value is -1.69. The maximum absolute atomic E-state index is 12.3. The first-order valence-corrected chi connectivity index (χ1v) is 9.30. The number of guanidine groups is 1. The number of aliphatic imine (C=N–C) groups is 1. The topological polar surface area (TPSA) is 210 Å². The molecule has 0 aromatic rings. The highest BCUT2D eigenvalue weighted by atomic mass is 31.2. The Morgan fingerprint density at radius 3 is 2.58 bits per heavy atom. The Morgan fingerprint density at radius 2 is 2.12 bits per heavy atom. The van der Waals surface area contributed by atoms with Crippen molar-refractivity contribution in [3.05, 3.63) is 11.6 Å². The van der Waals surface area contributed by atoms with Crippen LogP contribution in [0.2, 0.25) is 0 Å². The number of amides is 1. The molecule has 9 N–H and O–H groups in total. The van der Waals surface area contributed by atoms with E-state index in [-0.39, 0.29) is 12.6 Å². The van der Waals surface area contributed by atoms with Gasteiger partial charge in [0.25, 0.3) is 0 Å². The number of nitrogens with zero attached hydrogens (tertiary/aromatic N) is 1. The van der Waals surface area contributed by atoms with Crippen LogP contribution in [0.5, 0.6) is 0 Å². The largest absolute Gasteiger partial charge is 0.478 e. The lowest BCUT2D eigenvalue weighted by Crippen LogP contribution is -2.59. The van der Waals surface area contributed by atoms with Gasteiger partial charge >= 0.3 is 7.60 Å². The van der Waals surface area contributed by atoms with Crippen molar-refractivity contribution in [1.82, 2.24) is 5.32 Å². The molecule has 0 aliphatic carbocycles. The summed E-state index contributed by atoms with van der Waals surface area (Å²) in [4.78, 5) is 25.4. The van der Waals surface area contributed by atoms with Crippen LogP contribution in [0, 0.1) is 0 Å². The van der Waals surface area contributed by atoms with Crippen molar-refractivity contribution in [1.29, 1.82) is 0 Å². The van der Waals surface area contributed by atoms with Gasteiger partial charge in [-0.25, -0.2) is 4.99 Å². The molecule has 1 heterocycles. The summed E-state index contributed by atoms with van der Waals surface area (Å²) in [7, 11) is -4.41. The Bertz CT molecular complexity index is 609. The van der Waals surface area contributed by atoms with Gasteiger partial charge in [-0.1, -0.05) is 0 Å². The molecule has 12 nitrogen and oxygen atoms in total. The number of carbonyl (C=O) groups is 1. The van der Waals surface area contributed by atoms with E-state index in [4.69, 9.17) is 25.8 Å². The molecule has 0 bridgehead atoms. The van der Waals surface area contributed by atoms with Crippen LogP contribution in [-0.2, 0) is 18.6 Å². The zero-order valence-corrected chi connectivity index (χ0v) is 15.2. The molecular weight excluding hydrogens is 371 g/mol. The minimum atomic E-state index is -4.41. The molecule has 1 aliphatic heterocycles. The molecule has 1 aliphatic rings. The summed E-state index contributed by atoms with van der Waals surface area (Å²) in [6.45, 7) is 1.75. The van der Waals surface area contributed by atoms with E-state index in [1.807, 2.05) is 0 Å². The Morgan fingerprint density at radius 1 is 1.50 bits per heavy atom. The molecule has 13 heteroatoms. The van der Waals surface area contributed by atoms with E-state index in [2.05, 4.69) is 10.3 Å². The third-order valence-corrected chi connectivity index (χ3v) is 4.88. The second-order valence-corrected chi connectivity index (χ2v) is 7.28. The lowest BCUT2D eigenvalue weighted by Gasteiger charge is -2.39. The minimum Gasteiger partial charge on any atom is -0.478 e. The second kappa shape index (κ2) is 9.31. The summed E-state index contributed by atoms with van der Waals surface area (Å²) in [6, 6.07) is -2.20. The van der Waals surface area contributed by atoms with Gasteiger partial charge in [0, 0.05) is 6.92 Å². The minimum absolute atomic E-state index is 0.108. The quantitative estimate of drug-likeness (QED) is 0.128. The monoisotopic (exact) mass is 396 g/mol. The van der Waals surface area contributed by atoms with Gasteiger partial charge in [-0.3, -0.25) is 9.36 Å². The highest BCUT2D eigenvalue weighted by Crippen LogP contribution is 2.53. The van der Waals surface area contributed by atoms with E-state index < -0.39 is 56.0 Å². The molecular formula is C13H25N4O8P. The highest BCUT2D eigenvalue weighted by molar-refractivity contribution is 7.57. The number of aliphatic hydroxyl groups is 3. The Labute approximate surface area is 150 Å². The molecule has 0 radical (unpaired) electrons. The number of rotatable bonds is 8. The van der Waals surface area contributed by atoms with E-state index in [0.717, 1.165) is 6.08 Å². The van der Waals surface area contributed by atoms with Crippen LogP contribution >= 0.6 is 7.60 Å².